The van der Waals surface area contributed by atoms with Crippen molar-refractivity contribution in [3.05, 3.63) is 0 Å². The molecule has 3 unspecified atom stereocenters. The van der Waals surface area contributed by atoms with E-state index in [4.69, 9.17) is 5.11 Å². The van der Waals surface area contributed by atoms with Crippen molar-refractivity contribution in [3.8, 4) is 0 Å². The highest BCUT2D eigenvalue weighted by Crippen LogP contribution is 2.05. The second-order valence-electron chi connectivity index (χ2n) is 4.57. The van der Waals surface area contributed by atoms with Gasteiger partial charge in [0.15, 0.2) is 0 Å². The molecular weight excluding hydrogens is 238 g/mol. The molecule has 3 amide bonds. The number of nitrogens with one attached hydrogen (secondary N) is 3. The van der Waals surface area contributed by atoms with Gasteiger partial charge >= 0.3 is 12.0 Å². The molecule has 0 spiro atoms. The number of hydrogen-bond acceptors (Lipinski definition) is 3. The topological polar surface area (TPSA) is 108 Å². The van der Waals surface area contributed by atoms with E-state index in [0.717, 1.165) is 0 Å². The maximum absolute atomic E-state index is 11.5. The summed E-state index contributed by atoms with van der Waals surface area (Å²) in [7, 11) is 0. The van der Waals surface area contributed by atoms with Crippen LogP contribution in [0, 0.1) is 5.92 Å². The van der Waals surface area contributed by atoms with Gasteiger partial charge in [-0.15, -0.1) is 0 Å². The summed E-state index contributed by atoms with van der Waals surface area (Å²) in [4.78, 5) is 33.1. The van der Waals surface area contributed by atoms with Crippen molar-refractivity contribution in [1.29, 1.82) is 0 Å². The SMILES string of the molecule is CC(NC(=O)NCC1CCC(=O)N1)C(C)C(=O)O. The largest absolute Gasteiger partial charge is 0.481 e. The number of amides is 3. The molecule has 1 aliphatic rings. The van der Waals surface area contributed by atoms with Gasteiger partial charge in [-0.25, -0.2) is 4.79 Å². The highest BCUT2D eigenvalue weighted by Gasteiger charge is 2.23. The van der Waals surface area contributed by atoms with Crippen molar-refractivity contribution in [2.24, 2.45) is 5.92 Å². The lowest BCUT2D eigenvalue weighted by molar-refractivity contribution is -0.141. The summed E-state index contributed by atoms with van der Waals surface area (Å²) >= 11 is 0. The van der Waals surface area contributed by atoms with Gasteiger partial charge in [0.05, 0.1) is 5.92 Å². The number of urea groups is 1. The van der Waals surface area contributed by atoms with Gasteiger partial charge in [0, 0.05) is 25.0 Å². The van der Waals surface area contributed by atoms with Crippen LogP contribution in [0.2, 0.25) is 0 Å². The zero-order valence-corrected chi connectivity index (χ0v) is 10.5. The minimum Gasteiger partial charge on any atom is -0.481 e. The summed E-state index contributed by atoms with van der Waals surface area (Å²) in [6, 6.07) is -0.909. The molecule has 7 nitrogen and oxygen atoms in total. The Morgan fingerprint density at radius 1 is 1.50 bits per heavy atom. The zero-order chi connectivity index (χ0) is 13.7. The average Bonchev–Trinajstić information content (AvgIpc) is 2.71. The normalized spacial score (nSPS) is 21.9. The first-order valence-corrected chi connectivity index (χ1v) is 5.96. The minimum atomic E-state index is -0.953. The first kappa shape index (κ1) is 14.3. The molecule has 1 rings (SSSR count). The molecule has 102 valence electrons. The molecule has 1 fully saturated rings. The average molecular weight is 257 g/mol. The van der Waals surface area contributed by atoms with Gasteiger partial charge in [0.2, 0.25) is 5.91 Å². The van der Waals surface area contributed by atoms with Crippen LogP contribution in [-0.2, 0) is 9.59 Å². The van der Waals surface area contributed by atoms with Crippen LogP contribution < -0.4 is 16.0 Å². The fraction of sp³-hybridized carbons (Fsp3) is 0.727. The quantitative estimate of drug-likeness (QED) is 0.541. The molecule has 0 aromatic heterocycles. The smallest absolute Gasteiger partial charge is 0.315 e. The molecular formula is C11H19N3O4. The van der Waals surface area contributed by atoms with Gasteiger partial charge in [-0.3, -0.25) is 9.59 Å². The van der Waals surface area contributed by atoms with E-state index in [1.807, 2.05) is 0 Å². The van der Waals surface area contributed by atoms with Gasteiger partial charge < -0.3 is 21.1 Å². The van der Waals surface area contributed by atoms with Gasteiger partial charge in [-0.2, -0.15) is 0 Å². The molecule has 4 N–H and O–H groups in total. The molecule has 3 atom stereocenters. The Labute approximate surface area is 105 Å². The summed E-state index contributed by atoms with van der Waals surface area (Å²) in [5.41, 5.74) is 0. The maximum Gasteiger partial charge on any atom is 0.315 e. The fourth-order valence-electron chi connectivity index (χ4n) is 1.64. The fourth-order valence-corrected chi connectivity index (χ4v) is 1.64. The Hall–Kier alpha value is -1.79. The molecule has 0 bridgehead atoms. The number of carbonyl (C=O) groups excluding carboxylic acids is 2. The summed E-state index contributed by atoms with van der Waals surface area (Å²) in [6.07, 6.45) is 1.20. The predicted octanol–water partition coefficient (Wildman–Crippen LogP) is -0.327. The number of carboxylic acids is 1. The lowest BCUT2D eigenvalue weighted by Crippen LogP contribution is -2.48. The second-order valence-corrected chi connectivity index (χ2v) is 4.57. The molecule has 0 aromatic carbocycles. The summed E-state index contributed by atoms with van der Waals surface area (Å²) in [5.74, 6) is -1.61. The van der Waals surface area contributed by atoms with Crippen molar-refractivity contribution >= 4 is 17.9 Å². The van der Waals surface area contributed by atoms with Crippen LogP contribution in [0.1, 0.15) is 26.7 Å². The number of carboxylic acid groups (broad SMARTS) is 1. The number of hydrogen-bond donors (Lipinski definition) is 4. The maximum atomic E-state index is 11.5. The van der Waals surface area contributed by atoms with Crippen LogP contribution in [0.5, 0.6) is 0 Å². The lowest BCUT2D eigenvalue weighted by atomic mass is 10.0. The third-order valence-electron chi connectivity index (χ3n) is 3.09. The van der Waals surface area contributed by atoms with E-state index in [2.05, 4.69) is 16.0 Å². The monoisotopic (exact) mass is 257 g/mol. The van der Waals surface area contributed by atoms with Crippen LogP contribution in [0.4, 0.5) is 4.79 Å². The lowest BCUT2D eigenvalue weighted by Gasteiger charge is -2.19. The molecule has 7 heteroatoms. The Kier molecular flexibility index (Phi) is 4.94. The van der Waals surface area contributed by atoms with Crippen LogP contribution in [0.15, 0.2) is 0 Å². The van der Waals surface area contributed by atoms with E-state index in [-0.39, 0.29) is 11.9 Å². The van der Waals surface area contributed by atoms with Crippen molar-refractivity contribution in [3.63, 3.8) is 0 Å². The molecule has 1 aliphatic heterocycles. The van der Waals surface area contributed by atoms with E-state index in [9.17, 15) is 14.4 Å². The number of aliphatic carboxylic acids is 1. The number of carbonyl (C=O) groups is 3. The molecule has 1 heterocycles. The number of rotatable bonds is 5. The van der Waals surface area contributed by atoms with Crippen molar-refractivity contribution in [2.75, 3.05) is 6.54 Å². The highest BCUT2D eigenvalue weighted by atomic mass is 16.4. The molecule has 1 saturated heterocycles. The Balaban J connectivity index is 2.25. The highest BCUT2D eigenvalue weighted by molar-refractivity contribution is 5.79. The first-order chi connectivity index (χ1) is 8.40. The van der Waals surface area contributed by atoms with Crippen molar-refractivity contribution in [2.45, 2.75) is 38.8 Å². The zero-order valence-electron chi connectivity index (χ0n) is 10.5. The van der Waals surface area contributed by atoms with Crippen LogP contribution in [-0.4, -0.2) is 41.6 Å². The van der Waals surface area contributed by atoms with Crippen molar-refractivity contribution < 1.29 is 19.5 Å². The Bertz CT molecular complexity index is 345. The predicted molar refractivity (Wildman–Crippen MR) is 64.0 cm³/mol. The van der Waals surface area contributed by atoms with Crippen LogP contribution in [0.25, 0.3) is 0 Å². The van der Waals surface area contributed by atoms with E-state index in [1.165, 1.54) is 6.92 Å². The Morgan fingerprint density at radius 3 is 2.67 bits per heavy atom. The molecule has 0 aliphatic carbocycles. The van der Waals surface area contributed by atoms with Crippen LogP contribution >= 0.6 is 0 Å². The van der Waals surface area contributed by atoms with E-state index in [1.54, 1.807) is 6.92 Å². The van der Waals surface area contributed by atoms with Gasteiger partial charge in [-0.1, -0.05) is 0 Å². The molecule has 18 heavy (non-hydrogen) atoms. The standard InChI is InChI=1S/C11H19N3O4/c1-6(10(16)17)7(2)13-11(18)12-5-8-3-4-9(15)14-8/h6-8H,3-5H2,1-2H3,(H,14,15)(H,16,17)(H2,12,13,18). The molecule has 0 saturated carbocycles. The Morgan fingerprint density at radius 2 is 2.17 bits per heavy atom. The molecule has 0 aromatic rings. The summed E-state index contributed by atoms with van der Waals surface area (Å²) in [5, 5.41) is 16.7. The van der Waals surface area contributed by atoms with E-state index < -0.39 is 24.0 Å². The summed E-state index contributed by atoms with van der Waals surface area (Å²) in [6.45, 7) is 3.52. The van der Waals surface area contributed by atoms with E-state index >= 15 is 0 Å². The minimum absolute atomic E-state index is 0.00456. The van der Waals surface area contributed by atoms with Crippen molar-refractivity contribution in [1.82, 2.24) is 16.0 Å². The first-order valence-electron chi connectivity index (χ1n) is 5.96. The van der Waals surface area contributed by atoms with Gasteiger partial charge in [0.1, 0.15) is 0 Å². The second kappa shape index (κ2) is 6.23. The van der Waals surface area contributed by atoms with Crippen LogP contribution in [0.3, 0.4) is 0 Å². The third-order valence-corrected chi connectivity index (χ3v) is 3.09. The van der Waals surface area contributed by atoms with Gasteiger partial charge in [0.25, 0.3) is 0 Å². The third kappa shape index (κ3) is 4.23. The summed E-state index contributed by atoms with van der Waals surface area (Å²) < 4.78 is 0. The van der Waals surface area contributed by atoms with E-state index in [0.29, 0.717) is 19.4 Å². The van der Waals surface area contributed by atoms with Gasteiger partial charge in [-0.05, 0) is 20.3 Å². The molecule has 0 radical (unpaired) electrons.